The Morgan fingerprint density at radius 1 is 1.11 bits per heavy atom. The second-order valence-corrected chi connectivity index (χ2v) is 4.43. The average molecular weight is 260 g/mol. The standard InChI is InChI=1S/C16H20O3/c1-3-18-10-11-19-16-14(12(2)17)9-8-13-6-4-5-7-15(13)16/h4-9,12,17H,3,10-11H2,1-2H3/t12-/m1/s1. The maximum atomic E-state index is 9.86. The molecule has 2 rings (SSSR count). The van der Waals surface area contributed by atoms with E-state index in [0.29, 0.717) is 19.8 Å². The molecule has 0 aromatic heterocycles. The van der Waals surface area contributed by atoms with Crippen LogP contribution in [-0.4, -0.2) is 24.9 Å². The first-order valence-corrected chi connectivity index (χ1v) is 6.64. The highest BCUT2D eigenvalue weighted by Gasteiger charge is 2.12. The van der Waals surface area contributed by atoms with Gasteiger partial charge in [0.1, 0.15) is 12.4 Å². The zero-order chi connectivity index (χ0) is 13.7. The van der Waals surface area contributed by atoms with Crippen LogP contribution < -0.4 is 4.74 Å². The van der Waals surface area contributed by atoms with Crippen molar-refractivity contribution in [3.8, 4) is 5.75 Å². The van der Waals surface area contributed by atoms with Crippen LogP contribution >= 0.6 is 0 Å². The predicted molar refractivity (Wildman–Crippen MR) is 76.6 cm³/mol. The molecule has 0 bridgehead atoms. The second kappa shape index (κ2) is 6.55. The van der Waals surface area contributed by atoms with Gasteiger partial charge >= 0.3 is 0 Å². The molecule has 0 spiro atoms. The van der Waals surface area contributed by atoms with Crippen molar-refractivity contribution in [1.29, 1.82) is 0 Å². The molecular formula is C16H20O3. The Morgan fingerprint density at radius 3 is 2.63 bits per heavy atom. The highest BCUT2D eigenvalue weighted by atomic mass is 16.5. The van der Waals surface area contributed by atoms with E-state index in [1.165, 1.54) is 0 Å². The van der Waals surface area contributed by atoms with Crippen LogP contribution in [0.2, 0.25) is 0 Å². The van der Waals surface area contributed by atoms with E-state index in [2.05, 4.69) is 0 Å². The topological polar surface area (TPSA) is 38.7 Å². The van der Waals surface area contributed by atoms with Gasteiger partial charge in [0.05, 0.1) is 12.7 Å². The van der Waals surface area contributed by atoms with Crippen molar-refractivity contribution in [3.05, 3.63) is 42.0 Å². The van der Waals surface area contributed by atoms with Crippen LogP contribution in [0.5, 0.6) is 5.75 Å². The third kappa shape index (κ3) is 3.25. The van der Waals surface area contributed by atoms with Crippen LogP contribution in [-0.2, 0) is 4.74 Å². The van der Waals surface area contributed by atoms with Crippen LogP contribution in [0, 0.1) is 0 Å². The van der Waals surface area contributed by atoms with E-state index in [1.54, 1.807) is 6.92 Å². The van der Waals surface area contributed by atoms with Crippen molar-refractivity contribution < 1.29 is 14.6 Å². The second-order valence-electron chi connectivity index (χ2n) is 4.43. The summed E-state index contributed by atoms with van der Waals surface area (Å²) >= 11 is 0. The maximum Gasteiger partial charge on any atom is 0.133 e. The normalized spacial score (nSPS) is 12.6. The molecule has 0 radical (unpaired) electrons. The average Bonchev–Trinajstić information content (AvgIpc) is 2.43. The minimum absolute atomic E-state index is 0.488. The largest absolute Gasteiger partial charge is 0.490 e. The Morgan fingerprint density at radius 2 is 1.89 bits per heavy atom. The van der Waals surface area contributed by atoms with Gasteiger partial charge in [0.25, 0.3) is 0 Å². The minimum atomic E-state index is -0.549. The summed E-state index contributed by atoms with van der Waals surface area (Å²) in [7, 11) is 0. The van der Waals surface area contributed by atoms with Crippen molar-refractivity contribution in [2.45, 2.75) is 20.0 Å². The van der Waals surface area contributed by atoms with Crippen LogP contribution in [0.25, 0.3) is 10.8 Å². The molecule has 0 aliphatic heterocycles. The van der Waals surface area contributed by atoms with E-state index in [9.17, 15) is 5.11 Å². The molecule has 0 saturated carbocycles. The highest BCUT2D eigenvalue weighted by molar-refractivity contribution is 5.89. The van der Waals surface area contributed by atoms with Gasteiger partial charge in [-0.25, -0.2) is 0 Å². The third-order valence-corrected chi connectivity index (χ3v) is 3.04. The Kier molecular flexibility index (Phi) is 4.77. The number of aliphatic hydroxyl groups is 1. The molecule has 0 fully saturated rings. The molecule has 0 heterocycles. The number of benzene rings is 2. The number of hydrogen-bond acceptors (Lipinski definition) is 3. The first-order chi connectivity index (χ1) is 9.24. The van der Waals surface area contributed by atoms with E-state index >= 15 is 0 Å². The van der Waals surface area contributed by atoms with E-state index in [-0.39, 0.29) is 0 Å². The fourth-order valence-corrected chi connectivity index (χ4v) is 2.10. The van der Waals surface area contributed by atoms with Crippen molar-refractivity contribution in [1.82, 2.24) is 0 Å². The van der Waals surface area contributed by atoms with Crippen molar-refractivity contribution in [3.63, 3.8) is 0 Å². The summed E-state index contributed by atoms with van der Waals surface area (Å²) in [5, 5.41) is 12.0. The molecule has 3 heteroatoms. The molecule has 19 heavy (non-hydrogen) atoms. The van der Waals surface area contributed by atoms with Gasteiger partial charge in [-0.2, -0.15) is 0 Å². The monoisotopic (exact) mass is 260 g/mol. The van der Waals surface area contributed by atoms with Crippen molar-refractivity contribution in [2.24, 2.45) is 0 Å². The van der Waals surface area contributed by atoms with Gasteiger partial charge in [-0.1, -0.05) is 36.4 Å². The van der Waals surface area contributed by atoms with Gasteiger partial charge < -0.3 is 14.6 Å². The quantitative estimate of drug-likeness (QED) is 0.810. The van der Waals surface area contributed by atoms with Gasteiger partial charge in [-0.3, -0.25) is 0 Å². The van der Waals surface area contributed by atoms with Gasteiger partial charge in [-0.15, -0.1) is 0 Å². The molecule has 0 saturated heterocycles. The lowest BCUT2D eigenvalue weighted by Gasteiger charge is -2.16. The highest BCUT2D eigenvalue weighted by Crippen LogP contribution is 2.33. The molecule has 0 aliphatic carbocycles. The van der Waals surface area contributed by atoms with E-state index in [1.807, 2.05) is 43.3 Å². The van der Waals surface area contributed by atoms with Gasteiger partial charge in [-0.05, 0) is 19.2 Å². The molecular weight excluding hydrogens is 240 g/mol. The molecule has 3 nitrogen and oxygen atoms in total. The van der Waals surface area contributed by atoms with Crippen molar-refractivity contribution in [2.75, 3.05) is 19.8 Å². The van der Waals surface area contributed by atoms with E-state index in [0.717, 1.165) is 22.1 Å². The fraction of sp³-hybridized carbons (Fsp3) is 0.375. The molecule has 102 valence electrons. The Labute approximate surface area is 113 Å². The first kappa shape index (κ1) is 13.8. The molecule has 1 N–H and O–H groups in total. The van der Waals surface area contributed by atoms with Gasteiger partial charge in [0.15, 0.2) is 0 Å². The molecule has 0 aliphatic rings. The molecule has 0 amide bonds. The van der Waals surface area contributed by atoms with Crippen molar-refractivity contribution >= 4 is 10.8 Å². The number of hydrogen-bond donors (Lipinski definition) is 1. The summed E-state index contributed by atoms with van der Waals surface area (Å²) in [5.41, 5.74) is 0.815. The summed E-state index contributed by atoms with van der Waals surface area (Å²) in [6.07, 6.45) is -0.549. The predicted octanol–water partition coefficient (Wildman–Crippen LogP) is 3.31. The minimum Gasteiger partial charge on any atom is -0.490 e. The fourth-order valence-electron chi connectivity index (χ4n) is 2.10. The lowest BCUT2D eigenvalue weighted by Crippen LogP contribution is -2.08. The third-order valence-electron chi connectivity index (χ3n) is 3.04. The Hall–Kier alpha value is -1.58. The summed E-state index contributed by atoms with van der Waals surface area (Å²) in [4.78, 5) is 0. The van der Waals surface area contributed by atoms with Crippen LogP contribution in [0.4, 0.5) is 0 Å². The number of aliphatic hydroxyl groups excluding tert-OH is 1. The van der Waals surface area contributed by atoms with Crippen LogP contribution in [0.15, 0.2) is 36.4 Å². The maximum absolute atomic E-state index is 9.86. The summed E-state index contributed by atoms with van der Waals surface area (Å²) in [5.74, 6) is 0.757. The van der Waals surface area contributed by atoms with Crippen LogP contribution in [0.3, 0.4) is 0 Å². The van der Waals surface area contributed by atoms with Gasteiger partial charge in [0.2, 0.25) is 0 Å². The summed E-state index contributed by atoms with van der Waals surface area (Å²) < 4.78 is 11.1. The number of rotatable bonds is 6. The Bertz CT molecular complexity index is 535. The molecule has 1 atom stereocenters. The zero-order valence-electron chi connectivity index (χ0n) is 11.4. The van der Waals surface area contributed by atoms with E-state index < -0.39 is 6.10 Å². The SMILES string of the molecule is CCOCCOc1c([C@@H](C)O)ccc2ccccc12. The molecule has 2 aromatic carbocycles. The number of ether oxygens (including phenoxy) is 2. The molecule has 2 aromatic rings. The summed E-state index contributed by atoms with van der Waals surface area (Å²) in [6, 6.07) is 11.9. The lowest BCUT2D eigenvalue weighted by atomic mass is 10.0. The number of fused-ring (bicyclic) bond motifs is 1. The van der Waals surface area contributed by atoms with E-state index in [4.69, 9.17) is 9.47 Å². The van der Waals surface area contributed by atoms with Gasteiger partial charge in [0, 0.05) is 17.6 Å². The Balaban J connectivity index is 2.33. The van der Waals surface area contributed by atoms with Crippen LogP contribution in [0.1, 0.15) is 25.5 Å². The summed E-state index contributed by atoms with van der Waals surface area (Å²) in [6.45, 7) is 5.43. The lowest BCUT2D eigenvalue weighted by molar-refractivity contribution is 0.108. The zero-order valence-corrected chi connectivity index (χ0v) is 11.4. The molecule has 0 unspecified atom stereocenters. The smallest absolute Gasteiger partial charge is 0.133 e. The first-order valence-electron chi connectivity index (χ1n) is 6.64.